The lowest BCUT2D eigenvalue weighted by molar-refractivity contribution is -0.189. The predicted molar refractivity (Wildman–Crippen MR) is 58.3 cm³/mol. The highest BCUT2D eigenvalue weighted by atomic mass is 16.7. The van der Waals surface area contributed by atoms with Crippen LogP contribution in [0, 0.1) is 0 Å². The Balaban J connectivity index is 1.68. The number of carbonyl (C=O) groups is 2. The average Bonchev–Trinajstić information content (AvgIpc) is 3.01. The van der Waals surface area contributed by atoms with Gasteiger partial charge in [0.15, 0.2) is 6.10 Å². The molecule has 2 aliphatic heterocycles. The summed E-state index contributed by atoms with van der Waals surface area (Å²) in [5.41, 5.74) is 0. The number of hydrogen-bond acceptors (Lipinski definition) is 9. The Kier molecular flexibility index (Phi) is 5.05. The van der Waals surface area contributed by atoms with E-state index in [0.29, 0.717) is 26.3 Å². The fourth-order valence-corrected chi connectivity index (χ4v) is 1.55. The quantitative estimate of drug-likeness (QED) is 0.474. The molecule has 3 unspecified atom stereocenters. The molecule has 0 aromatic rings. The van der Waals surface area contributed by atoms with Gasteiger partial charge in [0.2, 0.25) is 0 Å². The molecule has 3 N–H and O–H groups in total. The fourth-order valence-electron chi connectivity index (χ4n) is 1.55. The van der Waals surface area contributed by atoms with Crippen molar-refractivity contribution >= 4 is 11.9 Å². The highest BCUT2D eigenvalue weighted by Crippen LogP contribution is 2.05. The van der Waals surface area contributed by atoms with E-state index in [0.717, 1.165) is 0 Å². The van der Waals surface area contributed by atoms with Crippen molar-refractivity contribution in [3.05, 3.63) is 0 Å². The Morgan fingerprint density at radius 1 is 1.16 bits per heavy atom. The molecule has 19 heavy (non-hydrogen) atoms. The van der Waals surface area contributed by atoms with E-state index in [1.165, 1.54) is 0 Å². The highest BCUT2D eigenvalue weighted by Gasteiger charge is 2.28. The summed E-state index contributed by atoms with van der Waals surface area (Å²) in [6.07, 6.45) is -3.80. The third-order valence-corrected chi connectivity index (χ3v) is 2.46. The van der Waals surface area contributed by atoms with E-state index in [1.54, 1.807) is 0 Å². The van der Waals surface area contributed by atoms with Crippen LogP contribution in [0.2, 0.25) is 0 Å². The molecule has 9 nitrogen and oxygen atoms in total. The van der Waals surface area contributed by atoms with Crippen molar-refractivity contribution in [2.45, 2.75) is 25.4 Å². The van der Waals surface area contributed by atoms with Gasteiger partial charge in [-0.3, -0.25) is 15.4 Å². The van der Waals surface area contributed by atoms with Gasteiger partial charge in [0.05, 0.1) is 19.6 Å². The first-order chi connectivity index (χ1) is 9.15. The molecule has 2 saturated heterocycles. The lowest BCUT2D eigenvalue weighted by atomic mass is 10.2. The maximum Gasteiger partial charge on any atom is 0.338 e. The largest absolute Gasteiger partial charge is 0.421 e. The van der Waals surface area contributed by atoms with Gasteiger partial charge >= 0.3 is 11.9 Å². The van der Waals surface area contributed by atoms with Crippen LogP contribution in [0.4, 0.5) is 0 Å². The number of aliphatic hydroxyl groups is 1. The molecule has 0 aromatic carbocycles. The predicted octanol–water partition coefficient (Wildman–Crippen LogP) is -2.37. The minimum atomic E-state index is -1.60. The van der Waals surface area contributed by atoms with Crippen molar-refractivity contribution in [1.29, 1.82) is 0 Å². The van der Waals surface area contributed by atoms with Gasteiger partial charge in [-0.25, -0.2) is 4.79 Å². The van der Waals surface area contributed by atoms with Gasteiger partial charge in [-0.1, -0.05) is 0 Å². The molecule has 3 atom stereocenters. The van der Waals surface area contributed by atoms with Crippen LogP contribution < -0.4 is 10.6 Å². The lowest BCUT2D eigenvalue weighted by Gasteiger charge is -2.15. The molecule has 0 saturated carbocycles. The van der Waals surface area contributed by atoms with Gasteiger partial charge in [-0.2, -0.15) is 0 Å². The van der Waals surface area contributed by atoms with Gasteiger partial charge < -0.3 is 24.1 Å². The zero-order valence-corrected chi connectivity index (χ0v) is 10.2. The van der Waals surface area contributed by atoms with Gasteiger partial charge in [0.25, 0.3) is 12.8 Å². The van der Waals surface area contributed by atoms with E-state index in [1.807, 2.05) is 0 Å². The van der Waals surface area contributed by atoms with Crippen LogP contribution in [0.25, 0.3) is 0 Å². The first-order valence-electron chi connectivity index (χ1n) is 5.93. The van der Waals surface area contributed by atoms with Crippen molar-refractivity contribution in [3.63, 3.8) is 0 Å². The maximum absolute atomic E-state index is 11.4. The standard InChI is InChI=1S/C10H16N2O7/c13-6(8(15)19-10-12-2-4-17-10)5-7(14)18-9-11-1-3-16-9/h6,9-13H,1-5H2. The molecular formula is C10H16N2O7. The highest BCUT2D eigenvalue weighted by molar-refractivity contribution is 5.81. The van der Waals surface area contributed by atoms with Crippen LogP contribution in [0.15, 0.2) is 0 Å². The molecule has 9 heteroatoms. The lowest BCUT2D eigenvalue weighted by Crippen LogP contribution is -2.36. The third-order valence-electron chi connectivity index (χ3n) is 2.46. The van der Waals surface area contributed by atoms with Gasteiger partial charge in [-0.15, -0.1) is 0 Å². The normalized spacial score (nSPS) is 28.1. The molecule has 2 fully saturated rings. The first kappa shape index (κ1) is 14.2. The SMILES string of the molecule is O=C(CC(O)C(=O)OC1NCCO1)OC1NCCO1. The Labute approximate surface area is 109 Å². The number of ether oxygens (including phenoxy) is 4. The number of esters is 2. The fraction of sp³-hybridized carbons (Fsp3) is 0.800. The Morgan fingerprint density at radius 2 is 1.74 bits per heavy atom. The monoisotopic (exact) mass is 276 g/mol. The van der Waals surface area contributed by atoms with E-state index < -0.39 is 37.3 Å². The summed E-state index contributed by atoms with van der Waals surface area (Å²) in [5.74, 6) is -1.71. The molecule has 108 valence electrons. The third kappa shape index (κ3) is 4.40. The summed E-state index contributed by atoms with van der Waals surface area (Å²) in [5, 5.41) is 15.0. The topological polar surface area (TPSA) is 115 Å². The molecule has 0 bridgehead atoms. The van der Waals surface area contributed by atoms with Crippen LogP contribution >= 0.6 is 0 Å². The molecule has 2 rings (SSSR count). The molecule has 0 amide bonds. The molecule has 0 aliphatic carbocycles. The van der Waals surface area contributed by atoms with Crippen molar-refractivity contribution in [2.24, 2.45) is 0 Å². The van der Waals surface area contributed by atoms with Crippen LogP contribution in [0.1, 0.15) is 6.42 Å². The molecule has 2 heterocycles. The van der Waals surface area contributed by atoms with Crippen molar-refractivity contribution < 1.29 is 33.6 Å². The number of hydrogen-bond donors (Lipinski definition) is 3. The van der Waals surface area contributed by atoms with Crippen LogP contribution in [-0.4, -0.2) is 62.3 Å². The van der Waals surface area contributed by atoms with Crippen molar-refractivity contribution in [3.8, 4) is 0 Å². The van der Waals surface area contributed by atoms with Gasteiger partial charge in [0, 0.05) is 13.1 Å². The zero-order chi connectivity index (χ0) is 13.7. The van der Waals surface area contributed by atoms with E-state index in [9.17, 15) is 14.7 Å². The van der Waals surface area contributed by atoms with E-state index in [2.05, 4.69) is 10.6 Å². The first-order valence-corrected chi connectivity index (χ1v) is 5.93. The number of carbonyl (C=O) groups excluding carboxylic acids is 2. The minimum absolute atomic E-state index is 0.417. The van der Waals surface area contributed by atoms with E-state index in [-0.39, 0.29) is 0 Å². The number of nitrogens with one attached hydrogen (secondary N) is 2. The Morgan fingerprint density at radius 3 is 2.26 bits per heavy atom. The summed E-state index contributed by atoms with van der Waals surface area (Å²) in [6, 6.07) is 0. The summed E-state index contributed by atoms with van der Waals surface area (Å²) in [6.45, 7) is 1.99. The number of rotatable bonds is 5. The summed E-state index contributed by atoms with van der Waals surface area (Å²) < 4.78 is 19.5. The number of aliphatic hydroxyl groups excluding tert-OH is 1. The molecule has 0 aromatic heterocycles. The molecule has 0 radical (unpaired) electrons. The second kappa shape index (κ2) is 6.78. The van der Waals surface area contributed by atoms with Gasteiger partial charge in [0.1, 0.15) is 0 Å². The maximum atomic E-state index is 11.4. The van der Waals surface area contributed by atoms with Gasteiger partial charge in [-0.05, 0) is 0 Å². The van der Waals surface area contributed by atoms with Crippen LogP contribution in [0.3, 0.4) is 0 Å². The molecular weight excluding hydrogens is 260 g/mol. The summed E-state index contributed by atoms with van der Waals surface area (Å²) in [4.78, 5) is 22.8. The molecule has 0 spiro atoms. The van der Waals surface area contributed by atoms with Crippen LogP contribution in [-0.2, 0) is 28.5 Å². The summed E-state index contributed by atoms with van der Waals surface area (Å²) in [7, 11) is 0. The average molecular weight is 276 g/mol. The Hall–Kier alpha value is -1.26. The summed E-state index contributed by atoms with van der Waals surface area (Å²) >= 11 is 0. The smallest absolute Gasteiger partial charge is 0.338 e. The molecule has 2 aliphatic rings. The second-order valence-electron chi connectivity index (χ2n) is 3.96. The zero-order valence-electron chi connectivity index (χ0n) is 10.2. The van der Waals surface area contributed by atoms with Crippen molar-refractivity contribution in [2.75, 3.05) is 26.3 Å². The van der Waals surface area contributed by atoms with Crippen molar-refractivity contribution in [1.82, 2.24) is 10.6 Å². The van der Waals surface area contributed by atoms with Crippen LogP contribution in [0.5, 0.6) is 0 Å². The van der Waals surface area contributed by atoms with E-state index >= 15 is 0 Å². The minimum Gasteiger partial charge on any atom is -0.421 e. The van der Waals surface area contributed by atoms with E-state index in [4.69, 9.17) is 18.9 Å². The Bertz CT molecular complexity index is 326. The second-order valence-corrected chi connectivity index (χ2v) is 3.96.